The van der Waals surface area contributed by atoms with Crippen molar-refractivity contribution in [2.45, 2.75) is 0 Å². The van der Waals surface area contributed by atoms with Crippen molar-refractivity contribution >= 4 is 18.4 Å². The molecule has 0 aromatic heterocycles. The van der Waals surface area contributed by atoms with Crippen LogP contribution in [-0.2, 0) is 15.3 Å². The van der Waals surface area contributed by atoms with Crippen molar-refractivity contribution in [1.82, 2.24) is 0 Å². The first-order valence-corrected chi connectivity index (χ1v) is 14.5. The van der Waals surface area contributed by atoms with Crippen LogP contribution in [-0.4, -0.2) is 44.0 Å². The van der Waals surface area contributed by atoms with Crippen LogP contribution in [0.5, 0.6) is 0 Å². The zero-order chi connectivity index (χ0) is 11.1. The molecule has 0 fully saturated rings. The summed E-state index contributed by atoms with van der Waals surface area (Å²) in [5, 5.41) is 0. The van der Waals surface area contributed by atoms with Crippen LogP contribution in [0, 0.1) is 0 Å². The molecule has 0 unspecified atom stereocenters. The van der Waals surface area contributed by atoms with E-state index in [1.807, 2.05) is 0 Å². The first-order chi connectivity index (χ1) is 5.37. The first kappa shape index (κ1) is 14.6. The van der Waals surface area contributed by atoms with Gasteiger partial charge in [-0.25, -0.2) is 0 Å². The molecule has 91 valence electrons. The van der Waals surface area contributed by atoms with Crippen molar-refractivity contribution in [3.63, 3.8) is 0 Å². The van der Waals surface area contributed by atoms with Crippen LogP contribution < -0.4 is 0 Å². The monoisotopic (exact) mass is 355 g/mol. The molecule has 0 aromatic rings. The van der Waals surface area contributed by atoms with Gasteiger partial charge in [-0.15, -0.1) is 0 Å². The molecule has 0 aliphatic carbocycles. The second kappa shape index (κ2) is 4.22. The van der Waals surface area contributed by atoms with Crippen molar-refractivity contribution in [2.24, 2.45) is 0 Å². The van der Waals surface area contributed by atoms with E-state index in [9.17, 15) is 0 Å². The van der Waals surface area contributed by atoms with Crippen LogP contribution in [0.3, 0.4) is 0 Å². The van der Waals surface area contributed by atoms with Crippen molar-refractivity contribution < 1.29 is 59.3 Å². The Morgan fingerprint density at radius 3 is 0.615 bits per heavy atom. The third-order valence-electron chi connectivity index (χ3n) is 0.636. The molecule has 9 nitrogen and oxygen atoms in total. The summed E-state index contributed by atoms with van der Waals surface area (Å²) in [5.74, 6) is 0. The van der Waals surface area contributed by atoms with E-state index in [4.69, 9.17) is 44.0 Å². The number of rotatable bonds is 3. The Labute approximate surface area is 78.0 Å². The Morgan fingerprint density at radius 2 is 0.615 bits per heavy atom. The minimum atomic E-state index is -5.32. The van der Waals surface area contributed by atoms with Crippen LogP contribution in [0.25, 0.3) is 0 Å². The number of hydrogen-bond acceptors (Lipinski definition) is 9. The summed E-state index contributed by atoms with van der Waals surface area (Å²) in [7, 11) is 0. The van der Waals surface area contributed by atoms with E-state index in [2.05, 4.69) is 0 Å². The van der Waals surface area contributed by atoms with Crippen molar-refractivity contribution in [3.8, 4) is 0 Å². The van der Waals surface area contributed by atoms with Gasteiger partial charge in [0.25, 0.3) is 0 Å². The molecule has 13 heteroatoms. The van der Waals surface area contributed by atoms with Crippen LogP contribution in [0.2, 0.25) is 0 Å². The third-order valence-corrected chi connectivity index (χ3v) is 33.9. The van der Waals surface area contributed by atoms with E-state index in [0.29, 0.717) is 0 Å². The SMILES string of the molecule is O[PH](O)(O)[Pd]([PH](O)(O)O)[PH](O)(O)O. The molecule has 0 bridgehead atoms. The van der Waals surface area contributed by atoms with Gasteiger partial charge >= 0.3 is 77.7 Å². The van der Waals surface area contributed by atoms with E-state index < -0.39 is 33.7 Å². The van der Waals surface area contributed by atoms with Gasteiger partial charge in [0.1, 0.15) is 0 Å². The summed E-state index contributed by atoms with van der Waals surface area (Å²) in [6.45, 7) is 0. The van der Waals surface area contributed by atoms with Gasteiger partial charge in [-0.05, 0) is 0 Å². The summed E-state index contributed by atoms with van der Waals surface area (Å²) in [4.78, 5) is 77.0. The van der Waals surface area contributed by atoms with Crippen molar-refractivity contribution in [3.05, 3.63) is 0 Å². The molecule has 13 heavy (non-hydrogen) atoms. The summed E-state index contributed by atoms with van der Waals surface area (Å²) < 4.78 is 0. The van der Waals surface area contributed by atoms with Gasteiger partial charge in [0, 0.05) is 0 Å². The third kappa shape index (κ3) is 4.76. The Balaban J connectivity index is 5.02. The van der Waals surface area contributed by atoms with Crippen LogP contribution in [0.15, 0.2) is 0 Å². The van der Waals surface area contributed by atoms with Crippen molar-refractivity contribution in [2.75, 3.05) is 0 Å². The second-order valence-corrected chi connectivity index (χ2v) is 26.6. The topological polar surface area (TPSA) is 182 Å². The summed E-state index contributed by atoms with van der Waals surface area (Å²) in [6, 6.07) is 0. The maximum atomic E-state index is 8.56. The summed E-state index contributed by atoms with van der Waals surface area (Å²) >= 11 is -4.14. The molecule has 0 saturated carbocycles. The predicted octanol–water partition coefficient (Wildman–Crippen LogP) is -3.24. The fraction of sp³-hybridized carbons (Fsp3) is 0. The van der Waals surface area contributed by atoms with Crippen LogP contribution >= 0.6 is 18.4 Å². The van der Waals surface area contributed by atoms with Gasteiger partial charge < -0.3 is 0 Å². The van der Waals surface area contributed by atoms with E-state index in [1.165, 1.54) is 0 Å². The molecule has 0 aliphatic rings. The van der Waals surface area contributed by atoms with Gasteiger partial charge in [0.15, 0.2) is 0 Å². The molecule has 0 aliphatic heterocycles. The molecular formula is H12O9P3Pd. The van der Waals surface area contributed by atoms with E-state index in [1.54, 1.807) is 0 Å². The van der Waals surface area contributed by atoms with E-state index in [0.717, 1.165) is 0 Å². The normalized spacial score (nSPS) is 19.6. The van der Waals surface area contributed by atoms with Gasteiger partial charge in [-0.2, -0.15) is 0 Å². The Morgan fingerprint density at radius 1 is 0.462 bits per heavy atom. The average Bonchev–Trinajstić information content (AvgIpc) is 1.44. The molecule has 0 saturated heterocycles. The van der Waals surface area contributed by atoms with Crippen molar-refractivity contribution in [1.29, 1.82) is 0 Å². The second-order valence-electron chi connectivity index (χ2n) is 1.77. The molecule has 9 N–H and O–H groups in total. The average molecular weight is 355 g/mol. The maximum absolute atomic E-state index is 8.56. The molecular weight excluding hydrogens is 343 g/mol. The minimum absolute atomic E-state index is 4.14. The fourth-order valence-corrected chi connectivity index (χ4v) is 22.7. The van der Waals surface area contributed by atoms with Gasteiger partial charge in [0.05, 0.1) is 0 Å². The molecule has 0 radical (unpaired) electrons. The van der Waals surface area contributed by atoms with Gasteiger partial charge in [-0.1, -0.05) is 0 Å². The molecule has 0 heterocycles. The van der Waals surface area contributed by atoms with Gasteiger partial charge in [0.2, 0.25) is 0 Å². The molecule has 0 atom stereocenters. The van der Waals surface area contributed by atoms with Crippen LogP contribution in [0.1, 0.15) is 0 Å². The Kier molecular flexibility index (Phi) is 4.74. The zero-order valence-electron chi connectivity index (χ0n) is 5.84. The molecule has 0 aromatic carbocycles. The first-order valence-electron chi connectivity index (χ1n) is 2.49. The predicted molar refractivity (Wildman–Crippen MR) is 44.9 cm³/mol. The Bertz CT molecular complexity index is 137. The molecule has 0 amide bonds. The summed E-state index contributed by atoms with van der Waals surface area (Å²) in [5.41, 5.74) is 0. The molecule has 0 spiro atoms. The summed E-state index contributed by atoms with van der Waals surface area (Å²) in [6.07, 6.45) is -16.0. The number of hydrogen-bond donors (Lipinski definition) is 9. The zero-order valence-corrected chi connectivity index (χ0v) is 10.4. The Hall–Kier alpha value is 1.59. The van der Waals surface area contributed by atoms with Gasteiger partial charge in [-0.3, -0.25) is 0 Å². The fourth-order valence-electron chi connectivity index (χ4n) is 0.427. The standard InChI is InChI=1S/3H4O3P.Pd/c3*1-4(2)3;/h3*1-4H;/q3*+1;-3. The quantitative estimate of drug-likeness (QED) is 0.185. The van der Waals surface area contributed by atoms with Crippen LogP contribution in [0.4, 0.5) is 0 Å². The van der Waals surface area contributed by atoms with E-state index >= 15 is 0 Å². The molecule has 0 rings (SSSR count). The van der Waals surface area contributed by atoms with E-state index in [-0.39, 0.29) is 0 Å².